The number of H-pyrrole nitrogens is 1. The van der Waals surface area contributed by atoms with Gasteiger partial charge in [-0.1, -0.05) is 24.3 Å². The van der Waals surface area contributed by atoms with E-state index in [1.807, 2.05) is 54.6 Å². The maximum atomic E-state index is 13.0. The van der Waals surface area contributed by atoms with Crippen LogP contribution in [0.25, 0.3) is 22.4 Å². The number of aromatic carboxylic acids is 1. The summed E-state index contributed by atoms with van der Waals surface area (Å²) >= 11 is 0. The van der Waals surface area contributed by atoms with Crippen LogP contribution in [0.4, 0.5) is 11.4 Å². The molecule has 1 aliphatic rings. The van der Waals surface area contributed by atoms with Crippen molar-refractivity contribution in [3.63, 3.8) is 0 Å². The van der Waals surface area contributed by atoms with Gasteiger partial charge in [-0.15, -0.1) is 0 Å². The number of nitrogens with zero attached hydrogens (tertiary/aromatic N) is 2. The Kier molecular flexibility index (Phi) is 5.27. The first-order valence-electron chi connectivity index (χ1n) is 11.6. The summed E-state index contributed by atoms with van der Waals surface area (Å²) in [6, 6.07) is 26.9. The van der Waals surface area contributed by atoms with Crippen LogP contribution in [0.15, 0.2) is 91.0 Å². The lowest BCUT2D eigenvalue weighted by molar-refractivity contribution is 0.0696. The third-order valence-electron chi connectivity index (χ3n) is 6.35. The number of carbonyl (C=O) groups is 3. The summed E-state index contributed by atoms with van der Waals surface area (Å²) in [6.07, 6.45) is 0. The Labute approximate surface area is 211 Å². The monoisotopic (exact) mass is 488 g/mol. The predicted octanol–water partition coefficient (Wildman–Crippen LogP) is 5.34. The molecule has 5 aromatic rings. The molecule has 4 aromatic carbocycles. The summed E-state index contributed by atoms with van der Waals surface area (Å²) in [6.45, 7) is 0.476. The molecular formula is C29H20N4O4. The van der Waals surface area contributed by atoms with Crippen molar-refractivity contribution in [3.05, 3.63) is 113 Å². The number of fused-ring (bicyclic) bond motifs is 2. The van der Waals surface area contributed by atoms with E-state index in [9.17, 15) is 19.5 Å². The SMILES string of the molecule is O=C(O)c1ccc2c(c1)C(=O)N(c1cccc(CNc3ccc(-c4nc5ccccc5[nH]4)cc3)c1)C2=O. The van der Waals surface area contributed by atoms with Gasteiger partial charge in [-0.2, -0.15) is 0 Å². The Morgan fingerprint density at radius 1 is 0.865 bits per heavy atom. The highest BCUT2D eigenvalue weighted by Crippen LogP contribution is 2.30. The van der Waals surface area contributed by atoms with Crippen LogP contribution >= 0.6 is 0 Å². The van der Waals surface area contributed by atoms with E-state index in [1.165, 1.54) is 18.2 Å². The molecule has 6 rings (SSSR count). The van der Waals surface area contributed by atoms with Gasteiger partial charge >= 0.3 is 5.97 Å². The average molecular weight is 489 g/mol. The van der Waals surface area contributed by atoms with E-state index in [0.29, 0.717) is 12.2 Å². The fraction of sp³-hybridized carbons (Fsp3) is 0.0345. The van der Waals surface area contributed by atoms with Crippen molar-refractivity contribution in [1.29, 1.82) is 0 Å². The Balaban J connectivity index is 1.17. The van der Waals surface area contributed by atoms with Crippen molar-refractivity contribution in [2.24, 2.45) is 0 Å². The van der Waals surface area contributed by atoms with Gasteiger partial charge in [0.25, 0.3) is 11.8 Å². The number of para-hydroxylation sites is 2. The first-order valence-corrected chi connectivity index (χ1v) is 11.6. The van der Waals surface area contributed by atoms with Crippen LogP contribution in [0.1, 0.15) is 36.6 Å². The summed E-state index contributed by atoms with van der Waals surface area (Å²) < 4.78 is 0. The zero-order chi connectivity index (χ0) is 25.5. The molecule has 0 bridgehead atoms. The van der Waals surface area contributed by atoms with Crippen LogP contribution < -0.4 is 10.2 Å². The summed E-state index contributed by atoms with van der Waals surface area (Å²) in [5.41, 5.74) is 5.35. The van der Waals surface area contributed by atoms with Crippen molar-refractivity contribution in [2.45, 2.75) is 6.54 Å². The second-order valence-corrected chi connectivity index (χ2v) is 8.71. The molecule has 1 aromatic heterocycles. The van der Waals surface area contributed by atoms with Gasteiger partial charge in [-0.3, -0.25) is 9.59 Å². The number of benzene rings is 4. The van der Waals surface area contributed by atoms with E-state index < -0.39 is 17.8 Å². The van der Waals surface area contributed by atoms with E-state index in [4.69, 9.17) is 0 Å². The second kappa shape index (κ2) is 8.76. The van der Waals surface area contributed by atoms with E-state index in [2.05, 4.69) is 15.3 Å². The third-order valence-corrected chi connectivity index (χ3v) is 6.35. The maximum Gasteiger partial charge on any atom is 0.335 e. The molecule has 0 radical (unpaired) electrons. The molecule has 0 fully saturated rings. The van der Waals surface area contributed by atoms with Crippen LogP contribution in [-0.4, -0.2) is 32.9 Å². The number of anilines is 2. The minimum absolute atomic E-state index is 0.0361. The van der Waals surface area contributed by atoms with Crippen molar-refractivity contribution in [3.8, 4) is 11.4 Å². The quantitative estimate of drug-likeness (QED) is 0.278. The number of rotatable bonds is 6. The molecule has 3 N–H and O–H groups in total. The van der Waals surface area contributed by atoms with Gasteiger partial charge in [0, 0.05) is 17.8 Å². The number of imidazole rings is 1. The zero-order valence-electron chi connectivity index (χ0n) is 19.4. The normalized spacial score (nSPS) is 12.7. The maximum absolute atomic E-state index is 13.0. The molecule has 0 atom stereocenters. The predicted molar refractivity (Wildman–Crippen MR) is 140 cm³/mol. The molecule has 0 aliphatic carbocycles. The number of imide groups is 1. The molecule has 8 nitrogen and oxygen atoms in total. The molecule has 180 valence electrons. The number of hydrogen-bond acceptors (Lipinski definition) is 5. The standard InChI is InChI=1S/C29H20N4O4/c34-27-22-13-10-19(29(36)37)15-23(22)28(35)33(27)21-5-3-4-17(14-21)16-30-20-11-8-18(9-12-20)26-31-24-6-1-2-7-25(24)32-26/h1-15,30H,16H2,(H,31,32)(H,36,37). The number of nitrogens with one attached hydrogen (secondary N) is 2. The minimum Gasteiger partial charge on any atom is -0.478 e. The van der Waals surface area contributed by atoms with Gasteiger partial charge in [-0.05, 0) is 72.3 Å². The highest BCUT2D eigenvalue weighted by molar-refractivity contribution is 6.34. The lowest BCUT2D eigenvalue weighted by Crippen LogP contribution is -2.29. The third kappa shape index (κ3) is 4.00. The van der Waals surface area contributed by atoms with Crippen LogP contribution in [0.5, 0.6) is 0 Å². The van der Waals surface area contributed by atoms with E-state index in [0.717, 1.165) is 38.6 Å². The topological polar surface area (TPSA) is 115 Å². The number of aromatic amines is 1. The van der Waals surface area contributed by atoms with Gasteiger partial charge in [-0.25, -0.2) is 14.7 Å². The number of carbonyl (C=O) groups excluding carboxylic acids is 2. The Morgan fingerprint density at radius 3 is 2.43 bits per heavy atom. The summed E-state index contributed by atoms with van der Waals surface area (Å²) in [5.74, 6) is -1.35. The number of carboxylic acids is 1. The van der Waals surface area contributed by atoms with Crippen molar-refractivity contribution >= 4 is 40.2 Å². The highest BCUT2D eigenvalue weighted by atomic mass is 16.4. The Morgan fingerprint density at radius 2 is 1.65 bits per heavy atom. The van der Waals surface area contributed by atoms with E-state index in [-0.39, 0.29) is 16.7 Å². The lowest BCUT2D eigenvalue weighted by Gasteiger charge is -2.15. The van der Waals surface area contributed by atoms with Gasteiger partial charge in [0.15, 0.2) is 0 Å². The zero-order valence-corrected chi connectivity index (χ0v) is 19.4. The van der Waals surface area contributed by atoms with Crippen molar-refractivity contribution < 1.29 is 19.5 Å². The second-order valence-electron chi connectivity index (χ2n) is 8.71. The van der Waals surface area contributed by atoms with Crippen molar-refractivity contribution in [2.75, 3.05) is 10.2 Å². The van der Waals surface area contributed by atoms with Gasteiger partial charge in [0.05, 0.1) is 33.4 Å². The molecule has 2 heterocycles. The molecule has 0 saturated heterocycles. The lowest BCUT2D eigenvalue weighted by atomic mass is 10.1. The van der Waals surface area contributed by atoms with Crippen molar-refractivity contribution in [1.82, 2.24) is 9.97 Å². The molecule has 1 aliphatic heterocycles. The highest BCUT2D eigenvalue weighted by Gasteiger charge is 2.37. The first-order chi connectivity index (χ1) is 18.0. The molecule has 8 heteroatoms. The first kappa shape index (κ1) is 22.2. The van der Waals surface area contributed by atoms with Crippen LogP contribution in [0.2, 0.25) is 0 Å². The van der Waals surface area contributed by atoms with Crippen LogP contribution in [-0.2, 0) is 6.54 Å². The molecule has 0 unspecified atom stereocenters. The smallest absolute Gasteiger partial charge is 0.335 e. The fourth-order valence-corrected chi connectivity index (χ4v) is 4.45. The molecule has 37 heavy (non-hydrogen) atoms. The van der Waals surface area contributed by atoms with E-state index >= 15 is 0 Å². The average Bonchev–Trinajstić information content (AvgIpc) is 3.46. The van der Waals surface area contributed by atoms with E-state index in [1.54, 1.807) is 18.2 Å². The Hall–Kier alpha value is -5.24. The number of hydrogen-bond donors (Lipinski definition) is 3. The fourth-order valence-electron chi connectivity index (χ4n) is 4.45. The summed E-state index contributed by atoms with van der Waals surface area (Å²) in [4.78, 5) is 46.2. The number of amides is 2. The molecular weight excluding hydrogens is 468 g/mol. The van der Waals surface area contributed by atoms with Crippen LogP contribution in [0, 0.1) is 0 Å². The number of carboxylic acid groups (broad SMARTS) is 1. The van der Waals surface area contributed by atoms with Gasteiger partial charge < -0.3 is 15.4 Å². The number of aromatic nitrogens is 2. The van der Waals surface area contributed by atoms with Gasteiger partial charge in [0.2, 0.25) is 0 Å². The molecule has 0 saturated carbocycles. The summed E-state index contributed by atoms with van der Waals surface area (Å²) in [5, 5.41) is 12.6. The Bertz CT molecular complexity index is 1670. The molecule has 2 amide bonds. The minimum atomic E-state index is -1.15. The summed E-state index contributed by atoms with van der Waals surface area (Å²) in [7, 11) is 0. The van der Waals surface area contributed by atoms with Gasteiger partial charge in [0.1, 0.15) is 5.82 Å². The largest absolute Gasteiger partial charge is 0.478 e. The molecule has 0 spiro atoms. The van der Waals surface area contributed by atoms with Crippen LogP contribution in [0.3, 0.4) is 0 Å².